The number of carbonyl (C=O) groups is 1. The first-order chi connectivity index (χ1) is 14.4. The van der Waals surface area contributed by atoms with E-state index >= 15 is 0 Å². The van der Waals surface area contributed by atoms with E-state index in [-0.39, 0.29) is 22.4 Å². The summed E-state index contributed by atoms with van der Waals surface area (Å²) < 4.78 is 79.6. The molecule has 2 unspecified atom stereocenters. The van der Waals surface area contributed by atoms with Crippen molar-refractivity contribution in [3.63, 3.8) is 0 Å². The maximum atomic E-state index is 14.3. The van der Waals surface area contributed by atoms with Crippen LogP contribution in [0.4, 0.5) is 23.2 Å². The van der Waals surface area contributed by atoms with Crippen LogP contribution in [0.15, 0.2) is 47.4 Å². The van der Waals surface area contributed by atoms with Crippen molar-refractivity contribution in [1.29, 1.82) is 0 Å². The van der Waals surface area contributed by atoms with Gasteiger partial charge in [0.25, 0.3) is 5.91 Å². The van der Waals surface area contributed by atoms with Gasteiger partial charge in [-0.3, -0.25) is 4.79 Å². The summed E-state index contributed by atoms with van der Waals surface area (Å²) >= 11 is 0. The van der Waals surface area contributed by atoms with Crippen LogP contribution in [-0.4, -0.2) is 31.7 Å². The Labute approximate surface area is 178 Å². The Bertz CT molecular complexity index is 1060. The van der Waals surface area contributed by atoms with Gasteiger partial charge in [-0.05, 0) is 60.7 Å². The monoisotopic (exact) mass is 458 g/mol. The molecule has 168 valence electrons. The number of sulfonamides is 1. The van der Waals surface area contributed by atoms with Gasteiger partial charge in [0, 0.05) is 18.8 Å². The van der Waals surface area contributed by atoms with Gasteiger partial charge in [0.1, 0.15) is 5.82 Å². The Hall–Kier alpha value is -2.46. The molecule has 0 aromatic heterocycles. The Morgan fingerprint density at radius 3 is 2.16 bits per heavy atom. The highest BCUT2D eigenvalue weighted by Crippen LogP contribution is 2.30. The second-order valence-electron chi connectivity index (χ2n) is 7.94. The Kier molecular flexibility index (Phi) is 6.43. The number of rotatable bonds is 4. The van der Waals surface area contributed by atoms with Crippen molar-refractivity contribution in [3.05, 3.63) is 59.4 Å². The lowest BCUT2D eigenvalue weighted by atomic mass is 9.94. The van der Waals surface area contributed by atoms with Crippen molar-refractivity contribution in [2.24, 2.45) is 11.8 Å². The van der Waals surface area contributed by atoms with E-state index in [9.17, 15) is 30.8 Å². The molecule has 1 aliphatic heterocycles. The summed E-state index contributed by atoms with van der Waals surface area (Å²) in [6, 6.07) is 6.59. The largest absolute Gasteiger partial charge is 0.416 e. The summed E-state index contributed by atoms with van der Waals surface area (Å²) in [6.45, 7) is 4.56. The van der Waals surface area contributed by atoms with Crippen LogP contribution in [0.2, 0.25) is 0 Å². The van der Waals surface area contributed by atoms with Crippen LogP contribution in [0.1, 0.15) is 36.2 Å². The summed E-state index contributed by atoms with van der Waals surface area (Å²) in [5, 5.41) is 2.30. The van der Waals surface area contributed by atoms with E-state index in [0.29, 0.717) is 13.1 Å². The van der Waals surface area contributed by atoms with E-state index in [2.05, 4.69) is 5.32 Å². The molecule has 1 aliphatic rings. The summed E-state index contributed by atoms with van der Waals surface area (Å²) in [4.78, 5) is 12.3. The third-order valence-electron chi connectivity index (χ3n) is 5.13. The number of hydrogen-bond donors (Lipinski definition) is 1. The zero-order valence-electron chi connectivity index (χ0n) is 16.9. The molecule has 2 aromatic rings. The van der Waals surface area contributed by atoms with Crippen LogP contribution in [0, 0.1) is 17.7 Å². The average Bonchev–Trinajstić information content (AvgIpc) is 2.67. The minimum absolute atomic E-state index is 0.0179. The first-order valence-electron chi connectivity index (χ1n) is 9.66. The van der Waals surface area contributed by atoms with Crippen LogP contribution in [0.25, 0.3) is 0 Å². The van der Waals surface area contributed by atoms with Crippen molar-refractivity contribution in [3.8, 4) is 0 Å². The number of hydrogen-bond acceptors (Lipinski definition) is 3. The lowest BCUT2D eigenvalue weighted by Gasteiger charge is -2.34. The molecule has 2 aromatic carbocycles. The van der Waals surface area contributed by atoms with Crippen LogP contribution >= 0.6 is 0 Å². The molecule has 0 spiro atoms. The minimum atomic E-state index is -4.53. The molecular formula is C21H22F4N2O3S. The number of alkyl halides is 3. The Morgan fingerprint density at radius 1 is 1.03 bits per heavy atom. The van der Waals surface area contributed by atoms with Gasteiger partial charge in [-0.15, -0.1) is 0 Å². The molecule has 0 bridgehead atoms. The van der Waals surface area contributed by atoms with Gasteiger partial charge in [0.2, 0.25) is 10.0 Å². The number of halogens is 4. The molecule has 1 N–H and O–H groups in total. The maximum Gasteiger partial charge on any atom is 0.416 e. The van der Waals surface area contributed by atoms with Crippen LogP contribution < -0.4 is 5.32 Å². The normalized spacial score (nSPS) is 20.5. The van der Waals surface area contributed by atoms with Crippen LogP contribution in [0.5, 0.6) is 0 Å². The molecular weight excluding hydrogens is 436 g/mol. The lowest BCUT2D eigenvalue weighted by Crippen LogP contribution is -2.42. The molecule has 1 saturated heterocycles. The third-order valence-corrected chi connectivity index (χ3v) is 6.95. The van der Waals surface area contributed by atoms with E-state index in [0.717, 1.165) is 48.9 Å². The first kappa shape index (κ1) is 23.2. The lowest BCUT2D eigenvalue weighted by molar-refractivity contribution is -0.137. The van der Waals surface area contributed by atoms with E-state index < -0.39 is 39.1 Å². The topological polar surface area (TPSA) is 66.5 Å². The number of amides is 1. The fourth-order valence-corrected chi connectivity index (χ4v) is 5.44. The van der Waals surface area contributed by atoms with Crippen molar-refractivity contribution in [2.45, 2.75) is 31.3 Å². The van der Waals surface area contributed by atoms with E-state index in [4.69, 9.17) is 0 Å². The number of piperidine rings is 1. The average molecular weight is 458 g/mol. The predicted octanol–water partition coefficient (Wildman–Crippen LogP) is 4.76. The Morgan fingerprint density at radius 2 is 1.61 bits per heavy atom. The van der Waals surface area contributed by atoms with E-state index in [1.807, 2.05) is 13.8 Å². The van der Waals surface area contributed by atoms with Gasteiger partial charge < -0.3 is 5.32 Å². The van der Waals surface area contributed by atoms with Gasteiger partial charge in [-0.25, -0.2) is 12.8 Å². The second-order valence-corrected chi connectivity index (χ2v) is 9.88. The van der Waals surface area contributed by atoms with E-state index in [1.165, 1.54) is 4.31 Å². The molecule has 1 amide bonds. The smallest absolute Gasteiger partial charge is 0.322 e. The van der Waals surface area contributed by atoms with Crippen LogP contribution in [-0.2, 0) is 16.2 Å². The van der Waals surface area contributed by atoms with E-state index in [1.54, 1.807) is 0 Å². The third kappa shape index (κ3) is 5.24. The van der Waals surface area contributed by atoms with Crippen LogP contribution in [0.3, 0.4) is 0 Å². The second kappa shape index (κ2) is 8.58. The standard InChI is InChI=1S/C21H22F4N2O3S/c1-13-9-14(2)12-27(11-13)31(29,30)17-7-8-19(22)18(10-17)20(28)26-16-5-3-15(4-6-16)21(23,24)25/h3-8,10,13-14H,9,11-12H2,1-2H3,(H,26,28). The quantitative estimate of drug-likeness (QED) is 0.672. The molecule has 10 heteroatoms. The maximum absolute atomic E-state index is 14.3. The fraction of sp³-hybridized carbons (Fsp3) is 0.381. The molecule has 0 radical (unpaired) electrons. The predicted molar refractivity (Wildman–Crippen MR) is 108 cm³/mol. The zero-order chi connectivity index (χ0) is 23.0. The molecule has 31 heavy (non-hydrogen) atoms. The van der Waals surface area contributed by atoms with Crippen molar-refractivity contribution < 1.29 is 30.8 Å². The molecule has 5 nitrogen and oxygen atoms in total. The fourth-order valence-electron chi connectivity index (χ4n) is 3.73. The van der Waals surface area contributed by atoms with Gasteiger partial charge >= 0.3 is 6.18 Å². The number of nitrogens with zero attached hydrogens (tertiary/aromatic N) is 1. The SMILES string of the molecule is CC1CC(C)CN(S(=O)(=O)c2ccc(F)c(C(=O)Nc3ccc(C(F)(F)F)cc3)c2)C1. The van der Waals surface area contributed by atoms with Gasteiger partial charge in [0.15, 0.2) is 0 Å². The highest BCUT2D eigenvalue weighted by molar-refractivity contribution is 7.89. The molecule has 0 saturated carbocycles. The highest BCUT2D eigenvalue weighted by atomic mass is 32.2. The zero-order valence-corrected chi connectivity index (χ0v) is 17.7. The summed E-state index contributed by atoms with van der Waals surface area (Å²) in [7, 11) is -3.93. The summed E-state index contributed by atoms with van der Waals surface area (Å²) in [6.07, 6.45) is -3.63. The summed E-state index contributed by atoms with van der Waals surface area (Å²) in [5.41, 5.74) is -1.39. The van der Waals surface area contributed by atoms with Crippen molar-refractivity contribution in [2.75, 3.05) is 18.4 Å². The number of carbonyl (C=O) groups excluding carboxylic acids is 1. The van der Waals surface area contributed by atoms with Gasteiger partial charge in [-0.2, -0.15) is 17.5 Å². The summed E-state index contributed by atoms with van der Waals surface area (Å²) in [5.74, 6) is -1.57. The molecule has 1 fully saturated rings. The highest BCUT2D eigenvalue weighted by Gasteiger charge is 2.33. The van der Waals surface area contributed by atoms with Crippen molar-refractivity contribution >= 4 is 21.6 Å². The van der Waals surface area contributed by atoms with Gasteiger partial charge in [-0.1, -0.05) is 13.8 Å². The number of benzene rings is 2. The Balaban J connectivity index is 1.84. The van der Waals surface area contributed by atoms with Crippen molar-refractivity contribution in [1.82, 2.24) is 4.31 Å². The number of nitrogens with one attached hydrogen (secondary N) is 1. The molecule has 0 aliphatic carbocycles. The number of anilines is 1. The molecule has 2 atom stereocenters. The molecule has 3 rings (SSSR count). The molecule has 1 heterocycles. The first-order valence-corrected chi connectivity index (χ1v) is 11.1. The van der Waals surface area contributed by atoms with Gasteiger partial charge in [0.05, 0.1) is 16.0 Å². The minimum Gasteiger partial charge on any atom is -0.322 e.